The Morgan fingerprint density at radius 1 is 1.10 bits per heavy atom. The van der Waals surface area contributed by atoms with Gasteiger partial charge in [-0.1, -0.05) is 13.8 Å². The molecule has 9 heteroatoms. The molecule has 0 fully saturated rings. The van der Waals surface area contributed by atoms with E-state index < -0.39 is 42.8 Å². The number of carboxylic acids is 1. The third-order valence-corrected chi connectivity index (χ3v) is 2.58. The second-order valence-electron chi connectivity index (χ2n) is 4.66. The van der Waals surface area contributed by atoms with E-state index in [2.05, 4.69) is 5.32 Å². The summed E-state index contributed by atoms with van der Waals surface area (Å²) >= 11 is 0. The van der Waals surface area contributed by atoms with E-state index in [4.69, 9.17) is 16.6 Å². The van der Waals surface area contributed by atoms with Gasteiger partial charge in [0.25, 0.3) is 0 Å². The Balaban J connectivity index is 4.62. The van der Waals surface area contributed by atoms with Crippen molar-refractivity contribution in [1.29, 1.82) is 0 Å². The first-order chi connectivity index (χ1) is 9.15. The van der Waals surface area contributed by atoms with E-state index in [1.54, 1.807) is 13.8 Å². The summed E-state index contributed by atoms with van der Waals surface area (Å²) in [7, 11) is 0. The lowest BCUT2D eigenvalue weighted by Crippen LogP contribution is -2.49. The fourth-order valence-electron chi connectivity index (χ4n) is 1.49. The third kappa shape index (κ3) is 6.57. The molecule has 0 saturated carbocycles. The Labute approximate surface area is 116 Å². The van der Waals surface area contributed by atoms with Gasteiger partial charge in [-0.05, 0) is 5.92 Å². The summed E-state index contributed by atoms with van der Waals surface area (Å²) in [6.07, 6.45) is 0. The SMILES string of the molecule is CC(C)C(CNC(=O)N(CC(N)=O)CC(N)=O)C(=O)O. The van der Waals surface area contributed by atoms with E-state index in [9.17, 15) is 19.2 Å². The molecule has 0 aromatic heterocycles. The number of carboxylic acid groups (broad SMARTS) is 1. The van der Waals surface area contributed by atoms with Gasteiger partial charge in [-0.25, -0.2) is 4.79 Å². The maximum atomic E-state index is 11.8. The Morgan fingerprint density at radius 2 is 1.55 bits per heavy atom. The number of aliphatic carboxylic acids is 1. The summed E-state index contributed by atoms with van der Waals surface area (Å²) in [5.41, 5.74) is 9.90. The van der Waals surface area contributed by atoms with Crippen LogP contribution in [0.1, 0.15) is 13.8 Å². The van der Waals surface area contributed by atoms with Crippen LogP contribution in [0.2, 0.25) is 0 Å². The largest absolute Gasteiger partial charge is 0.481 e. The van der Waals surface area contributed by atoms with E-state index in [1.807, 2.05) is 0 Å². The van der Waals surface area contributed by atoms with Gasteiger partial charge in [-0.2, -0.15) is 0 Å². The molecule has 0 radical (unpaired) electrons. The summed E-state index contributed by atoms with van der Waals surface area (Å²) in [6, 6.07) is -0.769. The van der Waals surface area contributed by atoms with Gasteiger partial charge in [0, 0.05) is 6.54 Å². The molecule has 20 heavy (non-hydrogen) atoms. The minimum Gasteiger partial charge on any atom is -0.481 e. The summed E-state index contributed by atoms with van der Waals surface area (Å²) in [6.45, 7) is 2.33. The lowest BCUT2D eigenvalue weighted by atomic mass is 9.96. The Hall–Kier alpha value is -2.32. The maximum Gasteiger partial charge on any atom is 0.318 e. The van der Waals surface area contributed by atoms with Crippen molar-refractivity contribution in [3.63, 3.8) is 0 Å². The molecule has 0 bridgehead atoms. The summed E-state index contributed by atoms with van der Waals surface area (Å²) in [4.78, 5) is 45.2. The number of hydrogen-bond acceptors (Lipinski definition) is 4. The molecular weight excluding hydrogens is 268 g/mol. The van der Waals surface area contributed by atoms with Crippen LogP contribution in [0.15, 0.2) is 0 Å². The molecule has 0 saturated heterocycles. The monoisotopic (exact) mass is 288 g/mol. The van der Waals surface area contributed by atoms with Crippen molar-refractivity contribution in [3.05, 3.63) is 0 Å². The average molecular weight is 288 g/mol. The molecule has 1 unspecified atom stereocenters. The highest BCUT2D eigenvalue weighted by Gasteiger charge is 2.24. The third-order valence-electron chi connectivity index (χ3n) is 2.58. The van der Waals surface area contributed by atoms with Gasteiger partial charge in [0.15, 0.2) is 0 Å². The molecule has 4 amide bonds. The van der Waals surface area contributed by atoms with Crippen LogP contribution in [0.4, 0.5) is 4.79 Å². The van der Waals surface area contributed by atoms with E-state index in [-0.39, 0.29) is 12.5 Å². The van der Waals surface area contributed by atoms with E-state index >= 15 is 0 Å². The van der Waals surface area contributed by atoms with Crippen LogP contribution < -0.4 is 16.8 Å². The number of urea groups is 1. The zero-order valence-corrected chi connectivity index (χ0v) is 11.5. The van der Waals surface area contributed by atoms with Crippen LogP contribution in [-0.4, -0.2) is 53.5 Å². The minimum absolute atomic E-state index is 0.125. The topological polar surface area (TPSA) is 156 Å². The molecule has 0 aliphatic rings. The van der Waals surface area contributed by atoms with Crippen LogP contribution in [0.25, 0.3) is 0 Å². The van der Waals surface area contributed by atoms with Crippen molar-refractivity contribution < 1.29 is 24.3 Å². The second-order valence-corrected chi connectivity index (χ2v) is 4.66. The van der Waals surface area contributed by atoms with Crippen LogP contribution in [0, 0.1) is 11.8 Å². The Morgan fingerprint density at radius 3 is 1.85 bits per heavy atom. The Bertz CT molecular complexity index is 380. The number of carbonyl (C=O) groups excluding carboxylic acids is 3. The molecule has 1 atom stereocenters. The number of nitrogens with zero attached hydrogens (tertiary/aromatic N) is 1. The molecule has 9 nitrogen and oxygen atoms in total. The predicted molar refractivity (Wildman–Crippen MR) is 69.3 cm³/mol. The van der Waals surface area contributed by atoms with Gasteiger partial charge in [0.1, 0.15) is 13.1 Å². The van der Waals surface area contributed by atoms with Crippen LogP contribution >= 0.6 is 0 Å². The highest BCUT2D eigenvalue weighted by molar-refractivity contribution is 5.87. The molecule has 0 aromatic rings. The normalized spacial score (nSPS) is 11.8. The van der Waals surface area contributed by atoms with E-state index in [0.717, 1.165) is 4.90 Å². The van der Waals surface area contributed by atoms with Crippen molar-refractivity contribution in [1.82, 2.24) is 10.2 Å². The minimum atomic E-state index is -1.04. The summed E-state index contributed by atoms with van der Waals surface area (Å²) in [5, 5.41) is 11.3. The fourth-order valence-corrected chi connectivity index (χ4v) is 1.49. The Kier molecular flexibility index (Phi) is 7.05. The van der Waals surface area contributed by atoms with Gasteiger partial charge in [0.05, 0.1) is 5.92 Å². The smallest absolute Gasteiger partial charge is 0.318 e. The number of rotatable bonds is 8. The molecular formula is C11H20N4O5. The second kappa shape index (κ2) is 7.97. The first-order valence-electron chi connectivity index (χ1n) is 5.97. The number of amides is 4. The van der Waals surface area contributed by atoms with Crippen LogP contribution in [0.5, 0.6) is 0 Å². The van der Waals surface area contributed by atoms with E-state index in [1.165, 1.54) is 0 Å². The fraction of sp³-hybridized carbons (Fsp3) is 0.636. The molecule has 0 aromatic carbocycles. The van der Waals surface area contributed by atoms with Crippen molar-refractivity contribution in [2.75, 3.05) is 19.6 Å². The number of primary amides is 2. The molecule has 6 N–H and O–H groups in total. The number of nitrogens with two attached hydrogens (primary N) is 2. The molecule has 0 heterocycles. The van der Waals surface area contributed by atoms with Gasteiger partial charge in [-0.15, -0.1) is 0 Å². The molecule has 0 aliphatic heterocycles. The van der Waals surface area contributed by atoms with Gasteiger partial charge >= 0.3 is 12.0 Å². The average Bonchev–Trinajstić information content (AvgIpc) is 2.25. The van der Waals surface area contributed by atoms with Crippen LogP contribution in [-0.2, 0) is 14.4 Å². The predicted octanol–water partition coefficient (Wildman–Crippen LogP) is -1.67. The maximum absolute atomic E-state index is 11.8. The summed E-state index contributed by atoms with van der Waals surface area (Å²) in [5.74, 6) is -3.62. The lowest BCUT2D eigenvalue weighted by molar-refractivity contribution is -0.143. The van der Waals surface area contributed by atoms with E-state index in [0.29, 0.717) is 0 Å². The van der Waals surface area contributed by atoms with Crippen molar-refractivity contribution in [2.45, 2.75) is 13.8 Å². The highest BCUT2D eigenvalue weighted by Crippen LogP contribution is 2.09. The lowest BCUT2D eigenvalue weighted by Gasteiger charge is -2.22. The van der Waals surface area contributed by atoms with Crippen molar-refractivity contribution in [2.24, 2.45) is 23.3 Å². The quantitative estimate of drug-likeness (QED) is 0.420. The molecule has 0 aliphatic carbocycles. The zero-order valence-electron chi connectivity index (χ0n) is 11.5. The van der Waals surface area contributed by atoms with Crippen LogP contribution in [0.3, 0.4) is 0 Å². The van der Waals surface area contributed by atoms with Crippen molar-refractivity contribution >= 4 is 23.8 Å². The summed E-state index contributed by atoms with van der Waals surface area (Å²) < 4.78 is 0. The zero-order chi connectivity index (χ0) is 15.9. The first kappa shape index (κ1) is 17.7. The van der Waals surface area contributed by atoms with Crippen molar-refractivity contribution in [3.8, 4) is 0 Å². The number of nitrogens with one attached hydrogen (secondary N) is 1. The molecule has 0 rings (SSSR count). The highest BCUT2D eigenvalue weighted by atomic mass is 16.4. The molecule has 0 spiro atoms. The van der Waals surface area contributed by atoms with Gasteiger partial charge in [0.2, 0.25) is 11.8 Å². The number of carbonyl (C=O) groups is 4. The number of hydrogen-bond donors (Lipinski definition) is 4. The van der Waals surface area contributed by atoms with Gasteiger partial charge < -0.3 is 26.8 Å². The molecule has 114 valence electrons. The first-order valence-corrected chi connectivity index (χ1v) is 5.97. The van der Waals surface area contributed by atoms with Gasteiger partial charge in [-0.3, -0.25) is 14.4 Å². The standard InChI is InChI=1S/C11H20N4O5/c1-6(2)7(10(18)19)3-14-11(20)15(4-8(12)16)5-9(13)17/h6-7H,3-5H2,1-2H3,(H2,12,16)(H2,13,17)(H,14,20)(H,18,19).